The van der Waals surface area contributed by atoms with Gasteiger partial charge in [0.05, 0.1) is 19.6 Å². The third-order valence-electron chi connectivity index (χ3n) is 4.76. The van der Waals surface area contributed by atoms with Gasteiger partial charge < -0.3 is 24.6 Å². The monoisotopic (exact) mass is 354 g/mol. The van der Waals surface area contributed by atoms with Gasteiger partial charge in [0.2, 0.25) is 5.91 Å². The molecule has 1 atom stereocenters. The smallest absolute Gasteiger partial charge is 0.308 e. The second-order valence-corrected chi connectivity index (χ2v) is 6.82. The molecular formula is C17H30N4O4. The SMILES string of the molecule is COC(=O)C1CCN(C(=NCC(=O)N(C)C)NCC2CCOC2)CC1. The Hall–Kier alpha value is -1.83. The molecular weight excluding hydrogens is 324 g/mol. The van der Waals surface area contributed by atoms with Gasteiger partial charge in [-0.2, -0.15) is 0 Å². The molecule has 8 heteroatoms. The van der Waals surface area contributed by atoms with Gasteiger partial charge in [-0.15, -0.1) is 0 Å². The summed E-state index contributed by atoms with van der Waals surface area (Å²) in [5.41, 5.74) is 0. The number of aliphatic imine (C=N–C) groups is 1. The molecule has 0 bridgehead atoms. The number of ether oxygens (including phenoxy) is 2. The van der Waals surface area contributed by atoms with Gasteiger partial charge in [-0.05, 0) is 19.3 Å². The third-order valence-corrected chi connectivity index (χ3v) is 4.76. The van der Waals surface area contributed by atoms with Crippen molar-refractivity contribution in [3.63, 3.8) is 0 Å². The summed E-state index contributed by atoms with van der Waals surface area (Å²) in [6, 6.07) is 0. The zero-order valence-electron chi connectivity index (χ0n) is 15.5. The van der Waals surface area contributed by atoms with E-state index in [4.69, 9.17) is 9.47 Å². The van der Waals surface area contributed by atoms with Crippen LogP contribution < -0.4 is 5.32 Å². The van der Waals surface area contributed by atoms with Crippen molar-refractivity contribution >= 4 is 17.8 Å². The van der Waals surface area contributed by atoms with Crippen molar-refractivity contribution < 1.29 is 19.1 Å². The average Bonchev–Trinajstić information content (AvgIpc) is 3.14. The Bertz CT molecular complexity index is 481. The molecule has 25 heavy (non-hydrogen) atoms. The lowest BCUT2D eigenvalue weighted by atomic mass is 9.97. The van der Waals surface area contributed by atoms with Crippen LogP contribution in [0.5, 0.6) is 0 Å². The summed E-state index contributed by atoms with van der Waals surface area (Å²) in [7, 11) is 4.88. The van der Waals surface area contributed by atoms with Crippen LogP contribution >= 0.6 is 0 Å². The van der Waals surface area contributed by atoms with Crippen LogP contribution in [-0.2, 0) is 19.1 Å². The van der Waals surface area contributed by atoms with Crippen molar-refractivity contribution in [2.75, 3.05) is 60.6 Å². The molecule has 2 fully saturated rings. The van der Waals surface area contributed by atoms with Crippen LogP contribution in [0.3, 0.4) is 0 Å². The van der Waals surface area contributed by atoms with E-state index in [0.717, 1.165) is 58.1 Å². The zero-order chi connectivity index (χ0) is 18.2. The molecule has 2 rings (SSSR count). The molecule has 1 unspecified atom stereocenters. The minimum atomic E-state index is -0.142. The van der Waals surface area contributed by atoms with E-state index in [9.17, 15) is 9.59 Å². The summed E-state index contributed by atoms with van der Waals surface area (Å²) in [5.74, 6) is 0.992. The Morgan fingerprint density at radius 3 is 2.56 bits per heavy atom. The number of carbonyl (C=O) groups excluding carboxylic acids is 2. The number of guanidine groups is 1. The Balaban J connectivity index is 1.94. The van der Waals surface area contributed by atoms with Crippen LogP contribution in [0, 0.1) is 11.8 Å². The molecule has 0 saturated carbocycles. The molecule has 1 N–H and O–H groups in total. The molecule has 2 saturated heterocycles. The molecule has 0 aromatic carbocycles. The van der Waals surface area contributed by atoms with Crippen LogP contribution in [-0.4, -0.2) is 88.2 Å². The van der Waals surface area contributed by atoms with Crippen LogP contribution in [0.4, 0.5) is 0 Å². The summed E-state index contributed by atoms with van der Waals surface area (Å²) in [4.78, 5) is 31.7. The number of amides is 1. The summed E-state index contributed by atoms with van der Waals surface area (Å²) < 4.78 is 10.2. The minimum absolute atomic E-state index is 0.0343. The number of esters is 1. The Morgan fingerprint density at radius 1 is 1.28 bits per heavy atom. The first-order valence-electron chi connectivity index (χ1n) is 8.90. The first kappa shape index (κ1) is 19.5. The van der Waals surface area contributed by atoms with Crippen molar-refractivity contribution in [3.8, 4) is 0 Å². The van der Waals surface area contributed by atoms with Crippen molar-refractivity contribution in [1.82, 2.24) is 15.1 Å². The fraction of sp³-hybridized carbons (Fsp3) is 0.824. The van der Waals surface area contributed by atoms with Crippen LogP contribution in [0.2, 0.25) is 0 Å². The normalized spacial score (nSPS) is 22.0. The molecule has 2 aliphatic heterocycles. The van der Waals surface area contributed by atoms with E-state index in [1.807, 2.05) is 0 Å². The van der Waals surface area contributed by atoms with Gasteiger partial charge in [0, 0.05) is 46.3 Å². The standard InChI is InChI=1S/C17H30N4O4/c1-20(2)15(22)11-19-17(18-10-13-6-9-25-12-13)21-7-4-14(5-8-21)16(23)24-3/h13-14H,4-12H2,1-3H3,(H,18,19). The topological polar surface area (TPSA) is 83.5 Å². The zero-order valence-corrected chi connectivity index (χ0v) is 15.5. The van der Waals surface area contributed by atoms with Crippen molar-refractivity contribution in [1.29, 1.82) is 0 Å². The Labute approximate surface area is 149 Å². The lowest BCUT2D eigenvalue weighted by Crippen LogP contribution is -2.48. The van der Waals surface area contributed by atoms with Gasteiger partial charge in [0.1, 0.15) is 6.54 Å². The van der Waals surface area contributed by atoms with E-state index in [-0.39, 0.29) is 24.3 Å². The highest BCUT2D eigenvalue weighted by atomic mass is 16.5. The number of nitrogens with one attached hydrogen (secondary N) is 1. The minimum Gasteiger partial charge on any atom is -0.469 e. The van der Waals surface area contributed by atoms with E-state index in [0.29, 0.717) is 5.92 Å². The molecule has 0 radical (unpaired) electrons. The van der Waals surface area contributed by atoms with Crippen LogP contribution in [0.1, 0.15) is 19.3 Å². The highest BCUT2D eigenvalue weighted by Gasteiger charge is 2.27. The fourth-order valence-electron chi connectivity index (χ4n) is 3.03. The number of piperidine rings is 1. The molecule has 142 valence electrons. The van der Waals surface area contributed by atoms with E-state index in [2.05, 4.69) is 15.2 Å². The third kappa shape index (κ3) is 5.88. The molecule has 2 heterocycles. The fourth-order valence-corrected chi connectivity index (χ4v) is 3.03. The number of hydrogen-bond donors (Lipinski definition) is 1. The van der Waals surface area contributed by atoms with E-state index < -0.39 is 0 Å². The number of methoxy groups -OCH3 is 1. The quantitative estimate of drug-likeness (QED) is 0.423. The highest BCUT2D eigenvalue weighted by Crippen LogP contribution is 2.19. The first-order chi connectivity index (χ1) is 12.0. The molecule has 0 aromatic heterocycles. The second kappa shape index (κ2) is 9.60. The van der Waals surface area contributed by atoms with Gasteiger partial charge in [-0.3, -0.25) is 9.59 Å². The van der Waals surface area contributed by atoms with E-state index in [1.54, 1.807) is 14.1 Å². The maximum absolute atomic E-state index is 11.9. The number of likely N-dealkylation sites (tertiary alicyclic amines) is 1. The second-order valence-electron chi connectivity index (χ2n) is 6.82. The summed E-state index contributed by atoms with van der Waals surface area (Å²) in [6.45, 7) is 3.93. The van der Waals surface area contributed by atoms with Crippen molar-refractivity contribution in [2.24, 2.45) is 16.8 Å². The van der Waals surface area contributed by atoms with Gasteiger partial charge in [-0.1, -0.05) is 0 Å². The Kier molecular flexibility index (Phi) is 7.49. The van der Waals surface area contributed by atoms with Gasteiger partial charge in [0.25, 0.3) is 0 Å². The van der Waals surface area contributed by atoms with Crippen molar-refractivity contribution in [3.05, 3.63) is 0 Å². The summed E-state index contributed by atoms with van der Waals surface area (Å²) in [6.07, 6.45) is 2.52. The van der Waals surface area contributed by atoms with E-state index >= 15 is 0 Å². The van der Waals surface area contributed by atoms with Crippen molar-refractivity contribution in [2.45, 2.75) is 19.3 Å². The van der Waals surface area contributed by atoms with Gasteiger partial charge in [0.15, 0.2) is 5.96 Å². The van der Waals surface area contributed by atoms with Gasteiger partial charge in [-0.25, -0.2) is 4.99 Å². The van der Waals surface area contributed by atoms with E-state index in [1.165, 1.54) is 12.0 Å². The molecule has 0 aliphatic carbocycles. The Morgan fingerprint density at radius 2 is 2.00 bits per heavy atom. The number of likely N-dealkylation sites (N-methyl/N-ethyl adjacent to an activating group) is 1. The largest absolute Gasteiger partial charge is 0.469 e. The van der Waals surface area contributed by atoms with Crippen LogP contribution in [0.15, 0.2) is 4.99 Å². The first-order valence-corrected chi connectivity index (χ1v) is 8.90. The number of carbonyl (C=O) groups is 2. The summed E-state index contributed by atoms with van der Waals surface area (Å²) in [5, 5.41) is 3.39. The lowest BCUT2D eigenvalue weighted by molar-refractivity contribution is -0.146. The molecule has 2 aliphatic rings. The average molecular weight is 354 g/mol. The highest BCUT2D eigenvalue weighted by molar-refractivity contribution is 5.85. The number of hydrogen-bond acceptors (Lipinski definition) is 5. The molecule has 8 nitrogen and oxygen atoms in total. The maximum Gasteiger partial charge on any atom is 0.308 e. The number of nitrogens with zero attached hydrogens (tertiary/aromatic N) is 3. The lowest BCUT2D eigenvalue weighted by Gasteiger charge is -2.33. The van der Waals surface area contributed by atoms with Gasteiger partial charge >= 0.3 is 5.97 Å². The molecule has 0 spiro atoms. The predicted molar refractivity (Wildman–Crippen MR) is 94.2 cm³/mol. The molecule has 0 aromatic rings. The maximum atomic E-state index is 11.9. The molecule has 1 amide bonds. The summed E-state index contributed by atoms with van der Waals surface area (Å²) >= 11 is 0. The number of rotatable bonds is 5. The predicted octanol–water partition coefficient (Wildman–Crippen LogP) is -0.0583. The van der Waals surface area contributed by atoms with Crippen LogP contribution in [0.25, 0.3) is 0 Å².